The fraction of sp³-hybridized carbons (Fsp3) is 0.389. The molecule has 0 bridgehead atoms. The van der Waals surface area contributed by atoms with Crippen LogP contribution in [0.3, 0.4) is 0 Å². The summed E-state index contributed by atoms with van der Waals surface area (Å²) in [5.41, 5.74) is 1.51. The average molecular weight is 385 g/mol. The molecule has 3 aromatic rings. The van der Waals surface area contributed by atoms with Crippen molar-refractivity contribution in [3.05, 3.63) is 42.5 Å². The van der Waals surface area contributed by atoms with E-state index >= 15 is 0 Å². The van der Waals surface area contributed by atoms with E-state index in [4.69, 9.17) is 0 Å². The number of nitrogens with zero attached hydrogens (tertiary/aromatic N) is 5. The highest BCUT2D eigenvalue weighted by Gasteiger charge is 2.19. The van der Waals surface area contributed by atoms with E-state index in [1.165, 1.54) is 11.3 Å². The number of hydrogen-bond donors (Lipinski definition) is 2. The van der Waals surface area contributed by atoms with Gasteiger partial charge in [0.05, 0.1) is 22.6 Å². The van der Waals surface area contributed by atoms with Gasteiger partial charge >= 0.3 is 6.03 Å². The molecular weight excluding hydrogens is 362 g/mol. The number of imidazole rings is 1. The molecule has 3 aromatic heterocycles. The highest BCUT2D eigenvalue weighted by molar-refractivity contribution is 7.19. The maximum absolute atomic E-state index is 12.1. The van der Waals surface area contributed by atoms with Gasteiger partial charge in [-0.15, -0.1) is 0 Å². The minimum absolute atomic E-state index is 0.134. The minimum atomic E-state index is -0.284. The molecule has 2 N–H and O–H groups in total. The summed E-state index contributed by atoms with van der Waals surface area (Å²) in [5, 5.41) is 6.14. The van der Waals surface area contributed by atoms with Crippen LogP contribution in [-0.2, 0) is 12.0 Å². The molecule has 0 atom stereocenters. The van der Waals surface area contributed by atoms with Gasteiger partial charge in [0.25, 0.3) is 0 Å². The Labute approximate surface area is 162 Å². The smallest absolute Gasteiger partial charge is 0.321 e. The van der Waals surface area contributed by atoms with E-state index in [1.807, 2.05) is 23.8 Å². The largest absolute Gasteiger partial charge is 0.336 e. The van der Waals surface area contributed by atoms with Gasteiger partial charge in [0.1, 0.15) is 5.82 Å². The first-order valence-electron chi connectivity index (χ1n) is 8.65. The Balaban J connectivity index is 1.65. The molecule has 0 saturated heterocycles. The van der Waals surface area contributed by atoms with Gasteiger partial charge in [-0.25, -0.2) is 24.7 Å². The average Bonchev–Trinajstić information content (AvgIpc) is 3.24. The Kier molecular flexibility index (Phi) is 5.50. The van der Waals surface area contributed by atoms with Gasteiger partial charge in [0.2, 0.25) is 0 Å². The normalized spacial score (nSPS) is 11.4. The minimum Gasteiger partial charge on any atom is -0.336 e. The molecular formula is C18H23N7OS. The summed E-state index contributed by atoms with van der Waals surface area (Å²) in [6.07, 6.45) is 7.03. The van der Waals surface area contributed by atoms with Crippen molar-refractivity contribution < 1.29 is 4.79 Å². The van der Waals surface area contributed by atoms with E-state index in [0.717, 1.165) is 22.1 Å². The zero-order valence-electron chi connectivity index (χ0n) is 15.9. The molecule has 0 radical (unpaired) electrons. The standard InChI is InChI=1S/C18H23N7OS/c1-12-14(13-5-6-20-15(23-13)18(2,3)4)27-17(22-12)24-16(26)21-8-10-25-9-7-19-11-25/h5-7,9,11H,8,10H2,1-4H3,(H2,21,22,24,26). The Hall–Kier alpha value is -2.81. The second-order valence-corrected chi connectivity index (χ2v) is 8.13. The van der Waals surface area contributed by atoms with Gasteiger partial charge in [-0.2, -0.15) is 0 Å². The number of aromatic nitrogens is 5. The highest BCUT2D eigenvalue weighted by atomic mass is 32.1. The molecule has 0 aromatic carbocycles. The number of carbonyl (C=O) groups is 1. The Morgan fingerprint density at radius 1 is 1.26 bits per heavy atom. The molecule has 9 heteroatoms. The lowest BCUT2D eigenvalue weighted by molar-refractivity contribution is 0.251. The predicted molar refractivity (Wildman–Crippen MR) is 106 cm³/mol. The summed E-state index contributed by atoms with van der Waals surface area (Å²) in [7, 11) is 0. The summed E-state index contributed by atoms with van der Waals surface area (Å²) in [5.74, 6) is 0.777. The Morgan fingerprint density at radius 3 is 2.78 bits per heavy atom. The summed E-state index contributed by atoms with van der Waals surface area (Å²) >= 11 is 1.40. The molecule has 0 fully saturated rings. The third kappa shape index (κ3) is 4.88. The lowest BCUT2D eigenvalue weighted by atomic mass is 9.95. The summed E-state index contributed by atoms with van der Waals surface area (Å²) in [6, 6.07) is 1.58. The topological polar surface area (TPSA) is 97.6 Å². The molecule has 0 spiro atoms. The number of aryl methyl sites for hydroxylation is 1. The van der Waals surface area contributed by atoms with E-state index in [9.17, 15) is 4.79 Å². The van der Waals surface area contributed by atoms with Gasteiger partial charge in [-0.3, -0.25) is 5.32 Å². The van der Waals surface area contributed by atoms with Crippen LogP contribution in [0.1, 0.15) is 32.3 Å². The van der Waals surface area contributed by atoms with Gasteiger partial charge in [0.15, 0.2) is 5.13 Å². The molecule has 8 nitrogen and oxygen atoms in total. The van der Waals surface area contributed by atoms with Crippen molar-refractivity contribution in [1.29, 1.82) is 0 Å². The lowest BCUT2D eigenvalue weighted by Crippen LogP contribution is -2.31. The van der Waals surface area contributed by atoms with Crippen LogP contribution in [0.15, 0.2) is 31.0 Å². The second-order valence-electron chi connectivity index (χ2n) is 7.13. The predicted octanol–water partition coefficient (Wildman–Crippen LogP) is 3.22. The van der Waals surface area contributed by atoms with E-state index < -0.39 is 0 Å². The van der Waals surface area contributed by atoms with Crippen LogP contribution in [0.25, 0.3) is 10.6 Å². The van der Waals surface area contributed by atoms with Gasteiger partial charge in [-0.05, 0) is 13.0 Å². The van der Waals surface area contributed by atoms with Crippen molar-refractivity contribution in [3.63, 3.8) is 0 Å². The molecule has 142 valence electrons. The van der Waals surface area contributed by atoms with Crippen molar-refractivity contribution in [2.45, 2.75) is 39.7 Å². The van der Waals surface area contributed by atoms with Crippen molar-refractivity contribution >= 4 is 22.5 Å². The molecule has 3 heterocycles. The van der Waals surface area contributed by atoms with Crippen LogP contribution in [-0.4, -0.2) is 37.1 Å². The first kappa shape index (κ1) is 19.0. The van der Waals surface area contributed by atoms with Crippen molar-refractivity contribution in [2.24, 2.45) is 0 Å². The molecule has 0 aliphatic heterocycles. The summed E-state index contributed by atoms with van der Waals surface area (Å²) in [4.78, 5) is 30.4. The van der Waals surface area contributed by atoms with Gasteiger partial charge < -0.3 is 9.88 Å². The molecule has 3 rings (SSSR count). The molecule has 0 aliphatic rings. The van der Waals surface area contributed by atoms with E-state index in [-0.39, 0.29) is 11.4 Å². The van der Waals surface area contributed by atoms with Crippen LogP contribution < -0.4 is 10.6 Å². The fourth-order valence-corrected chi connectivity index (χ4v) is 3.32. The first-order valence-corrected chi connectivity index (χ1v) is 9.46. The Bertz CT molecular complexity index is 912. The van der Waals surface area contributed by atoms with Crippen LogP contribution in [0.2, 0.25) is 0 Å². The molecule has 0 aliphatic carbocycles. The fourth-order valence-electron chi connectivity index (χ4n) is 2.39. The number of nitrogens with one attached hydrogen (secondary N) is 2. The summed E-state index contributed by atoms with van der Waals surface area (Å²) in [6.45, 7) is 9.30. The van der Waals surface area contributed by atoms with Gasteiger partial charge in [0, 0.05) is 37.1 Å². The Morgan fingerprint density at radius 2 is 2.07 bits per heavy atom. The third-order valence-electron chi connectivity index (χ3n) is 3.79. The summed E-state index contributed by atoms with van der Waals surface area (Å²) < 4.78 is 1.90. The van der Waals surface area contributed by atoms with E-state index in [2.05, 4.69) is 51.3 Å². The van der Waals surface area contributed by atoms with E-state index in [1.54, 1.807) is 18.7 Å². The number of thiazole rings is 1. The molecule has 0 unspecified atom stereocenters. The van der Waals surface area contributed by atoms with Crippen LogP contribution in [0.5, 0.6) is 0 Å². The lowest BCUT2D eigenvalue weighted by Gasteiger charge is -2.16. The number of anilines is 1. The SMILES string of the molecule is Cc1nc(NC(=O)NCCn2ccnc2)sc1-c1ccnc(C(C)(C)C)n1. The highest BCUT2D eigenvalue weighted by Crippen LogP contribution is 2.32. The first-order chi connectivity index (χ1) is 12.8. The monoisotopic (exact) mass is 385 g/mol. The van der Waals surface area contributed by atoms with Crippen molar-refractivity contribution in [3.8, 4) is 10.6 Å². The van der Waals surface area contributed by atoms with E-state index in [0.29, 0.717) is 18.2 Å². The van der Waals surface area contributed by atoms with Crippen molar-refractivity contribution in [2.75, 3.05) is 11.9 Å². The third-order valence-corrected chi connectivity index (χ3v) is 4.89. The van der Waals surface area contributed by atoms with Crippen molar-refractivity contribution in [1.82, 2.24) is 29.8 Å². The zero-order chi connectivity index (χ0) is 19.4. The van der Waals surface area contributed by atoms with Crippen LogP contribution in [0.4, 0.5) is 9.93 Å². The number of rotatable bonds is 5. The van der Waals surface area contributed by atoms with Crippen LogP contribution in [0, 0.1) is 6.92 Å². The maximum Gasteiger partial charge on any atom is 0.321 e. The van der Waals surface area contributed by atoms with Gasteiger partial charge in [-0.1, -0.05) is 32.1 Å². The van der Waals surface area contributed by atoms with Crippen LogP contribution >= 0.6 is 11.3 Å². The molecule has 2 amide bonds. The number of urea groups is 1. The zero-order valence-corrected chi connectivity index (χ0v) is 16.7. The maximum atomic E-state index is 12.1. The molecule has 27 heavy (non-hydrogen) atoms. The number of amides is 2. The second kappa shape index (κ2) is 7.83. The number of hydrogen-bond acceptors (Lipinski definition) is 6. The molecule has 0 saturated carbocycles. The quantitative estimate of drug-likeness (QED) is 0.703. The number of carbonyl (C=O) groups excluding carboxylic acids is 1.